The number of carbonyl (C=O) groups excluding carboxylic acids is 1. The molecule has 0 saturated heterocycles. The van der Waals surface area contributed by atoms with Crippen molar-refractivity contribution in [1.29, 1.82) is 0 Å². The van der Waals surface area contributed by atoms with Crippen molar-refractivity contribution in [3.8, 4) is 11.5 Å². The number of phenols is 1. The molecule has 144 valence electrons. The summed E-state index contributed by atoms with van der Waals surface area (Å²) in [7, 11) is 2.62. The zero-order valence-electron chi connectivity index (χ0n) is 15.0. The van der Waals surface area contributed by atoms with Gasteiger partial charge in [-0.2, -0.15) is 0 Å². The number of carbonyl (C=O) groups is 1. The Bertz CT molecular complexity index is 1030. The summed E-state index contributed by atoms with van der Waals surface area (Å²) in [6, 6.07) is 10.2. The Labute approximate surface area is 164 Å². The SMILES string of the molecule is COC(=O)C1=C(O)/C(=C\c2ccc(O)c(OC)c2)SC1=Nc1cccc(F)c1. The maximum atomic E-state index is 13.4. The summed E-state index contributed by atoms with van der Waals surface area (Å²) in [5, 5.41) is 20.4. The van der Waals surface area contributed by atoms with Crippen LogP contribution in [0.5, 0.6) is 11.5 Å². The van der Waals surface area contributed by atoms with E-state index in [9.17, 15) is 19.4 Å². The fourth-order valence-corrected chi connectivity index (χ4v) is 3.52. The van der Waals surface area contributed by atoms with Gasteiger partial charge >= 0.3 is 5.97 Å². The molecule has 6 nitrogen and oxygen atoms in total. The van der Waals surface area contributed by atoms with Gasteiger partial charge < -0.3 is 19.7 Å². The van der Waals surface area contributed by atoms with Gasteiger partial charge in [-0.1, -0.05) is 23.9 Å². The predicted octanol–water partition coefficient (Wildman–Crippen LogP) is 4.34. The smallest absolute Gasteiger partial charge is 0.344 e. The van der Waals surface area contributed by atoms with E-state index in [-0.39, 0.29) is 27.9 Å². The first-order valence-electron chi connectivity index (χ1n) is 8.06. The molecule has 28 heavy (non-hydrogen) atoms. The van der Waals surface area contributed by atoms with Crippen molar-refractivity contribution in [1.82, 2.24) is 0 Å². The molecule has 0 fully saturated rings. The van der Waals surface area contributed by atoms with Crippen LogP contribution in [0.1, 0.15) is 5.56 Å². The van der Waals surface area contributed by atoms with E-state index in [0.717, 1.165) is 11.8 Å². The number of rotatable bonds is 4. The quantitative estimate of drug-likeness (QED) is 0.741. The van der Waals surface area contributed by atoms with Crippen LogP contribution in [0, 0.1) is 5.82 Å². The summed E-state index contributed by atoms with van der Waals surface area (Å²) in [4.78, 5) is 16.8. The number of nitrogens with zero attached hydrogens (tertiary/aromatic N) is 1. The maximum Gasteiger partial charge on any atom is 0.344 e. The molecule has 1 heterocycles. The van der Waals surface area contributed by atoms with Crippen LogP contribution in [-0.2, 0) is 9.53 Å². The number of phenolic OH excluding ortho intramolecular Hbond substituents is 1. The molecule has 0 bridgehead atoms. The highest BCUT2D eigenvalue weighted by atomic mass is 32.2. The van der Waals surface area contributed by atoms with Crippen molar-refractivity contribution in [2.45, 2.75) is 0 Å². The van der Waals surface area contributed by atoms with Crippen LogP contribution in [-0.4, -0.2) is 35.4 Å². The number of thioether (sulfide) groups is 1. The molecule has 1 aliphatic heterocycles. The van der Waals surface area contributed by atoms with Gasteiger partial charge in [0.1, 0.15) is 22.2 Å². The minimum Gasteiger partial charge on any atom is -0.506 e. The fraction of sp³-hybridized carbons (Fsp3) is 0.100. The van der Waals surface area contributed by atoms with Gasteiger partial charge in [0.05, 0.1) is 24.8 Å². The van der Waals surface area contributed by atoms with Crippen LogP contribution >= 0.6 is 11.8 Å². The fourth-order valence-electron chi connectivity index (χ4n) is 2.49. The summed E-state index contributed by atoms with van der Waals surface area (Å²) in [5.41, 5.74) is 0.818. The minimum absolute atomic E-state index is 0.0212. The minimum atomic E-state index is -0.758. The Morgan fingerprint density at radius 1 is 1.18 bits per heavy atom. The number of aliphatic hydroxyl groups excluding tert-OH is 1. The van der Waals surface area contributed by atoms with E-state index in [4.69, 9.17) is 9.47 Å². The van der Waals surface area contributed by atoms with Crippen molar-refractivity contribution < 1.29 is 28.9 Å². The average molecular weight is 401 g/mol. The number of halogens is 1. The van der Waals surface area contributed by atoms with Gasteiger partial charge in [-0.15, -0.1) is 0 Å². The van der Waals surface area contributed by atoms with Gasteiger partial charge in [0.25, 0.3) is 0 Å². The van der Waals surface area contributed by atoms with E-state index in [2.05, 4.69) is 4.99 Å². The number of aromatic hydroxyl groups is 1. The van der Waals surface area contributed by atoms with Crippen LogP contribution in [0.25, 0.3) is 6.08 Å². The van der Waals surface area contributed by atoms with Crippen LogP contribution in [0.2, 0.25) is 0 Å². The molecule has 8 heteroatoms. The lowest BCUT2D eigenvalue weighted by Crippen LogP contribution is -2.10. The zero-order chi connectivity index (χ0) is 20.3. The van der Waals surface area contributed by atoms with E-state index >= 15 is 0 Å². The average Bonchev–Trinajstić information content (AvgIpc) is 2.97. The van der Waals surface area contributed by atoms with Crippen LogP contribution in [0.15, 0.2) is 63.7 Å². The van der Waals surface area contributed by atoms with Gasteiger partial charge in [-0.05, 0) is 42.0 Å². The molecule has 0 aliphatic carbocycles. The first kappa shape index (κ1) is 19.5. The molecular formula is C20H16FNO5S. The van der Waals surface area contributed by atoms with Crippen LogP contribution in [0.4, 0.5) is 10.1 Å². The largest absolute Gasteiger partial charge is 0.506 e. The lowest BCUT2D eigenvalue weighted by atomic mass is 10.1. The van der Waals surface area contributed by atoms with Gasteiger partial charge in [-0.25, -0.2) is 14.2 Å². The van der Waals surface area contributed by atoms with Crippen molar-refractivity contribution in [3.05, 3.63) is 70.1 Å². The van der Waals surface area contributed by atoms with Crippen molar-refractivity contribution in [2.24, 2.45) is 4.99 Å². The number of methoxy groups -OCH3 is 2. The Morgan fingerprint density at radius 2 is 1.96 bits per heavy atom. The summed E-state index contributed by atoms with van der Waals surface area (Å²) >= 11 is 1.04. The first-order valence-corrected chi connectivity index (χ1v) is 8.87. The normalized spacial score (nSPS) is 16.7. The summed E-state index contributed by atoms with van der Waals surface area (Å²) < 4.78 is 23.2. The number of esters is 1. The lowest BCUT2D eigenvalue weighted by molar-refractivity contribution is -0.135. The zero-order valence-corrected chi connectivity index (χ0v) is 15.8. The van der Waals surface area contributed by atoms with Crippen LogP contribution in [0.3, 0.4) is 0 Å². The highest BCUT2D eigenvalue weighted by Crippen LogP contribution is 2.40. The Morgan fingerprint density at radius 3 is 2.64 bits per heavy atom. The van der Waals surface area contributed by atoms with Crippen molar-refractivity contribution in [2.75, 3.05) is 14.2 Å². The molecule has 3 rings (SSSR count). The number of aliphatic hydroxyl groups is 1. The number of ether oxygens (including phenoxy) is 2. The van der Waals surface area contributed by atoms with E-state index in [0.29, 0.717) is 16.2 Å². The van der Waals surface area contributed by atoms with E-state index in [1.165, 1.54) is 38.5 Å². The summed E-state index contributed by atoms with van der Waals surface area (Å²) in [6.45, 7) is 0. The molecule has 0 atom stereocenters. The number of hydrogen-bond acceptors (Lipinski definition) is 7. The molecule has 0 saturated carbocycles. The molecule has 0 radical (unpaired) electrons. The van der Waals surface area contributed by atoms with E-state index < -0.39 is 11.8 Å². The standard InChI is InChI=1S/C20H16FNO5S/c1-26-15-8-11(6-7-14(15)23)9-16-18(24)17(20(25)27-2)19(28-16)22-13-5-3-4-12(21)10-13/h3-10,23-24H,1-2H3/b16-9+,22-19?. The molecular weight excluding hydrogens is 385 g/mol. The third-order valence-corrected chi connectivity index (χ3v) is 4.84. The highest BCUT2D eigenvalue weighted by molar-refractivity contribution is 8.18. The van der Waals surface area contributed by atoms with Gasteiger partial charge in [0.15, 0.2) is 11.5 Å². The molecule has 1 aliphatic rings. The second-order valence-electron chi connectivity index (χ2n) is 5.65. The Balaban J connectivity index is 2.05. The van der Waals surface area contributed by atoms with E-state index in [1.807, 2.05) is 0 Å². The second kappa shape index (κ2) is 8.18. The molecule has 2 aromatic rings. The molecule has 2 aromatic carbocycles. The topological polar surface area (TPSA) is 88.4 Å². The first-order chi connectivity index (χ1) is 13.4. The predicted molar refractivity (Wildman–Crippen MR) is 105 cm³/mol. The maximum absolute atomic E-state index is 13.4. The Kier molecular flexibility index (Phi) is 5.70. The third kappa shape index (κ3) is 4.01. The van der Waals surface area contributed by atoms with Gasteiger partial charge in [-0.3, -0.25) is 0 Å². The number of aliphatic imine (C=N–C) groups is 1. The van der Waals surface area contributed by atoms with Crippen LogP contribution < -0.4 is 4.74 Å². The van der Waals surface area contributed by atoms with E-state index in [1.54, 1.807) is 24.3 Å². The Hall–Kier alpha value is -3.26. The number of benzene rings is 2. The van der Waals surface area contributed by atoms with Gasteiger partial charge in [0, 0.05) is 0 Å². The summed E-state index contributed by atoms with van der Waals surface area (Å²) in [5.74, 6) is -1.27. The lowest BCUT2D eigenvalue weighted by Gasteiger charge is -2.04. The third-order valence-electron chi connectivity index (χ3n) is 3.82. The number of hydrogen-bond donors (Lipinski definition) is 2. The van der Waals surface area contributed by atoms with Gasteiger partial charge in [0.2, 0.25) is 0 Å². The molecule has 2 N–H and O–H groups in total. The molecule has 0 aromatic heterocycles. The monoisotopic (exact) mass is 401 g/mol. The highest BCUT2D eigenvalue weighted by Gasteiger charge is 2.33. The molecule has 0 spiro atoms. The van der Waals surface area contributed by atoms with Crippen molar-refractivity contribution in [3.63, 3.8) is 0 Å². The summed E-state index contributed by atoms with van der Waals surface area (Å²) in [6.07, 6.45) is 1.61. The van der Waals surface area contributed by atoms with Crippen molar-refractivity contribution >= 4 is 34.5 Å². The molecule has 0 unspecified atom stereocenters. The molecule has 0 amide bonds. The second-order valence-corrected chi connectivity index (χ2v) is 6.68.